The van der Waals surface area contributed by atoms with Gasteiger partial charge in [0.05, 0.1) is 44.5 Å². The summed E-state index contributed by atoms with van der Waals surface area (Å²) in [7, 11) is 0. The number of hydrogen-bond donors (Lipinski definition) is 0. The first kappa shape index (κ1) is 64.3. The first-order valence-electron chi connectivity index (χ1n) is 39.1. The summed E-state index contributed by atoms with van der Waals surface area (Å²) in [6, 6.07) is 135. The average Bonchev–Trinajstić information content (AvgIpc) is 1.48. The maximum Gasteiger partial charge on any atom is 0.256 e. The van der Waals surface area contributed by atoms with E-state index >= 15 is 0 Å². The van der Waals surface area contributed by atoms with Crippen LogP contribution in [0.1, 0.15) is 0 Å². The largest absolute Gasteiger partial charge is 0.458 e. The van der Waals surface area contributed by atoms with E-state index in [0.717, 1.165) is 108 Å². The summed E-state index contributed by atoms with van der Waals surface area (Å²) in [6.07, 6.45) is 0. The average molecular weight is 1550 g/mol. The van der Waals surface area contributed by atoms with E-state index in [-0.39, 0.29) is 13.4 Å². The molecule has 534 valence electrons. The molecule has 0 saturated carbocycles. The molecular formula is C102H59B2N5OS5. The quantitative estimate of drug-likeness (QED) is 0.134. The Balaban J connectivity index is 0.819. The number of anilines is 15. The van der Waals surface area contributed by atoms with Gasteiger partial charge in [0, 0.05) is 148 Å². The second-order valence-electron chi connectivity index (χ2n) is 30.4. The van der Waals surface area contributed by atoms with E-state index in [0.29, 0.717) is 0 Å². The molecule has 4 aliphatic rings. The predicted octanol–water partition coefficient (Wildman–Crippen LogP) is 27.0. The molecule has 6 nitrogen and oxygen atoms in total. The Hall–Kier alpha value is -13.2. The molecule has 13 heteroatoms. The molecule has 17 aromatic carbocycles. The second-order valence-corrected chi connectivity index (χ2v) is 35.8. The van der Waals surface area contributed by atoms with E-state index in [4.69, 9.17) is 4.74 Å². The Bertz CT molecular complexity index is 7940. The van der Waals surface area contributed by atoms with Crippen molar-refractivity contribution >= 4 is 289 Å². The van der Waals surface area contributed by atoms with Gasteiger partial charge in [-0.15, -0.1) is 56.7 Å². The highest BCUT2D eigenvalue weighted by molar-refractivity contribution is 7.28. The van der Waals surface area contributed by atoms with E-state index in [9.17, 15) is 0 Å². The smallest absolute Gasteiger partial charge is 0.256 e. The first-order chi connectivity index (χ1) is 57.1. The number of ether oxygens (including phenoxy) is 1. The van der Waals surface area contributed by atoms with Crippen molar-refractivity contribution in [2.75, 3.05) is 24.5 Å². The van der Waals surface area contributed by atoms with Crippen LogP contribution < -0.4 is 62.0 Å². The molecule has 0 radical (unpaired) electrons. The molecule has 0 spiro atoms. The molecule has 5 aromatic heterocycles. The van der Waals surface area contributed by atoms with Gasteiger partial charge in [0.2, 0.25) is 0 Å². The molecule has 22 aromatic rings. The van der Waals surface area contributed by atoms with E-state index in [1.807, 2.05) is 56.7 Å². The molecule has 0 fully saturated rings. The minimum Gasteiger partial charge on any atom is -0.458 e. The Labute approximate surface area is 682 Å². The van der Waals surface area contributed by atoms with Crippen LogP contribution >= 0.6 is 56.7 Å². The molecule has 0 atom stereocenters. The summed E-state index contributed by atoms with van der Waals surface area (Å²) >= 11 is 9.34. The minimum atomic E-state index is -0.276. The third kappa shape index (κ3) is 9.26. The van der Waals surface area contributed by atoms with Gasteiger partial charge in [-0.2, -0.15) is 0 Å². The zero-order valence-corrected chi connectivity index (χ0v) is 65.5. The first-order valence-corrected chi connectivity index (χ1v) is 43.2. The molecule has 0 N–H and O–H groups in total. The standard InChI is InChI=1S/C102H59B2N5OS5/c1-3-26-60(27-4-1)105(75-39-22-50-92-96(75)66-31-8-17-46-88(66)111-92)62-54-82-100-83(55-62)108(77-41-24-52-94-98(77)68-33-10-19-48-90(68)113-94)80-59-81-73(58-72(80)103(100)70-36-12-14-38-74(70)107(82)76-40-23-51-93-97(76)67-32-9-18-47-89(67)112-93)104-71-37-13-15-44-85(71)110-86-57-63(56-84(101(86)104)109(81)78-42-25-53-95-99(78)69-34-11-20-49-91(69)114-95)106(61-28-5-2-6-29-61)79-43-21-35-65-64-30-7-16-45-87(64)115-102(65)79/h1-59H. The van der Waals surface area contributed by atoms with Crippen LogP contribution in [0.3, 0.4) is 0 Å². The van der Waals surface area contributed by atoms with Crippen molar-refractivity contribution in [2.24, 2.45) is 0 Å². The minimum absolute atomic E-state index is 0.272. The number of para-hydroxylation sites is 4. The fourth-order valence-corrected chi connectivity index (χ4v) is 25.5. The van der Waals surface area contributed by atoms with Crippen molar-refractivity contribution in [1.82, 2.24) is 0 Å². The van der Waals surface area contributed by atoms with Gasteiger partial charge < -0.3 is 29.2 Å². The van der Waals surface area contributed by atoms with Crippen molar-refractivity contribution in [3.8, 4) is 11.5 Å². The topological polar surface area (TPSA) is 25.4 Å². The molecule has 0 bridgehead atoms. The van der Waals surface area contributed by atoms with Gasteiger partial charge in [0.15, 0.2) is 0 Å². The molecule has 0 aliphatic carbocycles. The SMILES string of the molecule is c1ccc(N(c2cc3c4c(c2)N(c2cccc5sc6ccccc6c25)c2cc5c(cc2B4c2ccccc2O3)B2c3ccccc3N(c3cccc4sc6ccccc6c34)c3cc(N(c4ccccc4)c4cccc6sc7ccccc7c46)cc(c32)N5c2cccc3sc4ccccc4c23)c2cccc3c2sc2ccccc23)cc1. The van der Waals surface area contributed by atoms with Gasteiger partial charge >= 0.3 is 0 Å². The Kier molecular flexibility index (Phi) is 13.8. The normalized spacial score (nSPS) is 13.2. The van der Waals surface area contributed by atoms with Gasteiger partial charge in [-0.25, -0.2) is 0 Å². The van der Waals surface area contributed by atoms with Gasteiger partial charge in [-0.1, -0.05) is 206 Å². The zero-order chi connectivity index (χ0) is 74.8. The van der Waals surface area contributed by atoms with Gasteiger partial charge in [-0.05, 0) is 178 Å². The fraction of sp³-hybridized carbons (Fsp3) is 0. The van der Waals surface area contributed by atoms with Crippen molar-refractivity contribution in [3.05, 3.63) is 358 Å². The summed E-state index contributed by atoms with van der Waals surface area (Å²) in [5.41, 5.74) is 23.6. The molecule has 0 unspecified atom stereocenters. The highest BCUT2D eigenvalue weighted by atomic mass is 32.1. The number of benzene rings is 17. The van der Waals surface area contributed by atoms with Crippen LogP contribution in [0.4, 0.5) is 85.3 Å². The number of nitrogens with zero attached hydrogens (tertiary/aromatic N) is 5. The highest BCUT2D eigenvalue weighted by Gasteiger charge is 2.49. The number of hydrogen-bond acceptors (Lipinski definition) is 11. The number of fused-ring (bicyclic) bond motifs is 23. The number of rotatable bonds is 9. The summed E-state index contributed by atoms with van der Waals surface area (Å²) < 4.78 is 20.1. The van der Waals surface area contributed by atoms with Crippen LogP contribution in [0.25, 0.3) is 101 Å². The lowest BCUT2D eigenvalue weighted by Crippen LogP contribution is -2.64. The zero-order valence-electron chi connectivity index (χ0n) is 61.4. The summed E-state index contributed by atoms with van der Waals surface area (Å²) in [5, 5.41) is 12.4. The molecule has 26 rings (SSSR count). The van der Waals surface area contributed by atoms with Crippen LogP contribution in [0.5, 0.6) is 11.5 Å². The lowest BCUT2D eigenvalue weighted by Gasteiger charge is -2.47. The third-order valence-corrected chi connectivity index (χ3v) is 30.2. The van der Waals surface area contributed by atoms with Crippen molar-refractivity contribution in [3.63, 3.8) is 0 Å². The molecule has 9 heterocycles. The van der Waals surface area contributed by atoms with Crippen molar-refractivity contribution in [2.45, 2.75) is 0 Å². The van der Waals surface area contributed by atoms with Crippen LogP contribution in [0, 0.1) is 0 Å². The van der Waals surface area contributed by atoms with Crippen molar-refractivity contribution in [1.29, 1.82) is 0 Å². The van der Waals surface area contributed by atoms with E-state index < -0.39 is 0 Å². The highest BCUT2D eigenvalue weighted by Crippen LogP contribution is 2.58. The lowest BCUT2D eigenvalue weighted by molar-refractivity contribution is 0.487. The maximum absolute atomic E-state index is 7.66. The summed E-state index contributed by atoms with van der Waals surface area (Å²) in [6.45, 7) is -0.548. The maximum atomic E-state index is 7.66. The predicted molar refractivity (Wildman–Crippen MR) is 500 cm³/mol. The van der Waals surface area contributed by atoms with Crippen molar-refractivity contribution < 1.29 is 4.74 Å². The van der Waals surface area contributed by atoms with Crippen LogP contribution in [-0.4, -0.2) is 13.4 Å². The molecule has 4 aliphatic heterocycles. The molecule has 115 heavy (non-hydrogen) atoms. The van der Waals surface area contributed by atoms with Crippen LogP contribution in [-0.2, 0) is 0 Å². The van der Waals surface area contributed by atoms with Gasteiger partial charge in [-0.3, -0.25) is 0 Å². The van der Waals surface area contributed by atoms with E-state index in [2.05, 4.69) is 382 Å². The molecule has 0 amide bonds. The lowest BCUT2D eigenvalue weighted by atomic mass is 9.30. The Morgan fingerprint density at radius 2 is 0.591 bits per heavy atom. The van der Waals surface area contributed by atoms with Gasteiger partial charge in [0.25, 0.3) is 13.4 Å². The fourth-order valence-electron chi connectivity index (χ4n) is 19.8. The van der Waals surface area contributed by atoms with Crippen LogP contribution in [0.2, 0.25) is 0 Å². The summed E-state index contributed by atoms with van der Waals surface area (Å²) in [4.78, 5) is 13.1. The third-order valence-electron chi connectivity index (χ3n) is 24.4. The van der Waals surface area contributed by atoms with E-state index in [1.165, 1.54) is 123 Å². The second kappa shape index (κ2) is 24.6. The molecular weight excluding hydrogens is 1490 g/mol. The summed E-state index contributed by atoms with van der Waals surface area (Å²) in [5.74, 6) is 1.68. The van der Waals surface area contributed by atoms with Gasteiger partial charge in [0.1, 0.15) is 11.5 Å². The Morgan fingerprint density at radius 3 is 1.15 bits per heavy atom. The number of thiophene rings is 5. The monoisotopic (exact) mass is 1550 g/mol. The molecule has 0 saturated heterocycles. The van der Waals surface area contributed by atoms with E-state index in [1.54, 1.807) is 0 Å². The van der Waals surface area contributed by atoms with Crippen LogP contribution in [0.15, 0.2) is 358 Å². The Morgan fingerprint density at radius 1 is 0.217 bits per heavy atom.